The Morgan fingerprint density at radius 3 is 1.07 bits per heavy atom. The number of aromatic nitrogens is 2. The van der Waals surface area contributed by atoms with Gasteiger partial charge < -0.3 is 8.80 Å². The van der Waals surface area contributed by atoms with Crippen LogP contribution in [0.2, 0.25) is 0 Å². The molecule has 0 aliphatic heterocycles. The van der Waals surface area contributed by atoms with Gasteiger partial charge in [-0.1, -0.05) is 196 Å². The Balaban J connectivity index is 1.07. The first-order valence-corrected chi connectivity index (χ1v) is 30.7. The topological polar surface area (TPSA) is 8.82 Å². The van der Waals surface area contributed by atoms with Crippen molar-refractivity contribution >= 4 is 96.1 Å². The largest absolute Gasteiger partial charge is 0.306 e. The molecule has 15 rings (SSSR count). The summed E-state index contributed by atoms with van der Waals surface area (Å²) in [7, 11) is 0. The van der Waals surface area contributed by atoms with Gasteiger partial charge in [0.05, 0.1) is 51.9 Å². The first kappa shape index (κ1) is 50.0. The molecule has 2 aliphatic rings. The second kappa shape index (κ2) is 15.9. The molecule has 2 aliphatic carbocycles. The van der Waals surface area contributed by atoms with Crippen LogP contribution in [0.25, 0.3) is 118 Å². The van der Waals surface area contributed by atoms with E-state index < -0.39 is 0 Å². The van der Waals surface area contributed by atoms with Crippen molar-refractivity contribution in [2.45, 2.75) is 143 Å². The van der Waals surface area contributed by atoms with Gasteiger partial charge in [0.1, 0.15) is 0 Å². The van der Waals surface area contributed by atoms with Crippen LogP contribution >= 0.6 is 22.7 Å². The normalized spacial score (nSPS) is 15.2. The van der Waals surface area contributed by atoms with Crippen LogP contribution in [0.15, 0.2) is 146 Å². The van der Waals surface area contributed by atoms with E-state index in [1.165, 1.54) is 162 Å². The predicted octanol–water partition coefficient (Wildman–Crippen LogP) is 22.4. The molecular weight excluding hydrogens is 1000 g/mol. The van der Waals surface area contributed by atoms with Gasteiger partial charge in [0.2, 0.25) is 0 Å². The highest BCUT2D eigenvalue weighted by Gasteiger charge is 2.41. The van der Waals surface area contributed by atoms with Crippen LogP contribution < -0.4 is 0 Å². The van der Waals surface area contributed by atoms with Crippen LogP contribution in [0, 0.1) is 0 Å². The third-order valence-electron chi connectivity index (χ3n) is 19.1. The summed E-state index contributed by atoms with van der Waals surface area (Å²) in [6.07, 6.45) is 0. The molecule has 0 saturated heterocycles. The smallest absolute Gasteiger partial charge is 0.0736 e. The summed E-state index contributed by atoms with van der Waals surface area (Å²) < 4.78 is 10.5. The first-order valence-electron chi connectivity index (χ1n) is 29.1. The molecule has 0 bridgehead atoms. The maximum absolute atomic E-state index is 2.63. The van der Waals surface area contributed by atoms with Crippen molar-refractivity contribution in [3.63, 3.8) is 0 Å². The highest BCUT2D eigenvalue weighted by atomic mass is 32.1. The molecule has 9 aromatic carbocycles. The molecule has 4 heteroatoms. The van der Waals surface area contributed by atoms with Crippen LogP contribution in [0.4, 0.5) is 0 Å². The van der Waals surface area contributed by atoms with Gasteiger partial charge >= 0.3 is 0 Å². The van der Waals surface area contributed by atoms with Crippen molar-refractivity contribution in [3.8, 4) is 44.5 Å². The van der Waals surface area contributed by atoms with Crippen LogP contribution in [0.3, 0.4) is 0 Å². The maximum Gasteiger partial charge on any atom is 0.0736 e. The van der Waals surface area contributed by atoms with E-state index in [0.717, 1.165) is 0 Å². The average Bonchev–Trinajstić information content (AvgIpc) is 4.30. The number of rotatable bonds is 2. The second-order valence-electron chi connectivity index (χ2n) is 29.0. The van der Waals surface area contributed by atoms with E-state index in [1.807, 2.05) is 22.7 Å². The van der Waals surface area contributed by atoms with Crippen LogP contribution in [-0.2, 0) is 32.5 Å². The summed E-state index contributed by atoms with van der Waals surface area (Å²) in [6, 6.07) is 58.0. The van der Waals surface area contributed by atoms with Gasteiger partial charge in [-0.05, 0) is 171 Å². The fraction of sp³-hybridized carbons (Fsp3) is 0.289. The van der Waals surface area contributed by atoms with Gasteiger partial charge in [0.15, 0.2) is 0 Å². The van der Waals surface area contributed by atoms with Gasteiger partial charge in [-0.3, -0.25) is 0 Å². The Morgan fingerprint density at radius 2 is 0.700 bits per heavy atom. The molecule has 13 aromatic rings. The van der Waals surface area contributed by atoms with Crippen molar-refractivity contribution in [2.24, 2.45) is 0 Å². The fourth-order valence-electron chi connectivity index (χ4n) is 14.4. The number of nitrogens with zero attached hydrogens (tertiary/aromatic N) is 2. The van der Waals surface area contributed by atoms with Crippen LogP contribution in [0.1, 0.15) is 155 Å². The van der Waals surface area contributed by atoms with E-state index >= 15 is 0 Å². The van der Waals surface area contributed by atoms with Gasteiger partial charge in [0, 0.05) is 32.4 Å². The molecule has 80 heavy (non-hydrogen) atoms. The predicted molar refractivity (Wildman–Crippen MR) is 350 cm³/mol. The SMILES string of the molecule is CC(C)(C)c1ccc2c(c1)C(C)(C)c1cc(C(C)(C)C)cc(-c3ccc4c(c3)c3c5sc6ccccc6n6c7ccc(-c8cc(C(C)(C)C)cc9c8-c8ccc(C(C)(C)C)cc8C9(C)C)cc7c(c7sc8ccccc8n4c73)c56)c1-2. The fourth-order valence-corrected chi connectivity index (χ4v) is 16.8. The van der Waals surface area contributed by atoms with Gasteiger partial charge in [0.25, 0.3) is 0 Å². The van der Waals surface area contributed by atoms with Crippen LogP contribution in [0.5, 0.6) is 0 Å². The van der Waals surface area contributed by atoms with E-state index in [1.54, 1.807) is 0 Å². The monoisotopic (exact) mass is 1080 g/mol. The Labute approximate surface area is 479 Å². The Bertz CT molecular complexity index is 4600. The van der Waals surface area contributed by atoms with E-state index in [9.17, 15) is 0 Å². The third-order valence-corrected chi connectivity index (χ3v) is 21.4. The number of para-hydroxylation sites is 2. The number of hydrogen-bond acceptors (Lipinski definition) is 2. The van der Waals surface area contributed by atoms with Crippen LogP contribution in [-0.4, -0.2) is 8.80 Å². The molecule has 0 saturated carbocycles. The minimum absolute atomic E-state index is 0.0420. The zero-order chi connectivity index (χ0) is 55.9. The lowest BCUT2D eigenvalue weighted by molar-refractivity contribution is 0.579. The van der Waals surface area contributed by atoms with Gasteiger partial charge in [-0.15, -0.1) is 22.7 Å². The standard InChI is InChI=1S/C76H72N2S2/c1-71(2,3)43-27-29-47-53(37-43)75(13,14)55-39-45(73(7,8)9)35-49(63(47)55)41-25-31-57-51(33-41)65-67-70(80-61-23-19-17-21-59(61)77(57)67)66-52-34-42(26-32-58(52)78-60-22-18-20-24-62(60)79-69(65)68(66)78)50-36-46(74(10,11)12)40-56-64(50)48-30-28-44(72(4,5)6)38-54(48)76(56,15)16/h17-40H,1-16H3. The van der Waals surface area contributed by atoms with Crippen molar-refractivity contribution in [2.75, 3.05) is 0 Å². The van der Waals surface area contributed by atoms with E-state index in [4.69, 9.17) is 0 Å². The Hall–Kier alpha value is -6.98. The highest BCUT2D eigenvalue weighted by molar-refractivity contribution is 7.27. The molecule has 0 unspecified atom stereocenters. The lowest BCUT2D eigenvalue weighted by atomic mass is 9.76. The molecule has 0 fully saturated rings. The highest BCUT2D eigenvalue weighted by Crippen LogP contribution is 2.58. The molecule has 0 amide bonds. The molecule has 4 aromatic heterocycles. The molecule has 0 radical (unpaired) electrons. The molecule has 398 valence electrons. The summed E-state index contributed by atoms with van der Waals surface area (Å²) in [6.45, 7) is 38.1. The third kappa shape index (κ3) is 6.76. The van der Waals surface area contributed by atoms with Crippen molar-refractivity contribution in [1.82, 2.24) is 8.80 Å². The van der Waals surface area contributed by atoms with E-state index in [2.05, 4.69) is 265 Å². The molecular formula is C76H72N2S2. The minimum atomic E-state index is -0.156. The van der Waals surface area contributed by atoms with Crippen molar-refractivity contribution in [3.05, 3.63) is 190 Å². The molecule has 2 nitrogen and oxygen atoms in total. The average molecular weight is 1080 g/mol. The second-order valence-corrected chi connectivity index (χ2v) is 31.1. The maximum atomic E-state index is 2.63. The summed E-state index contributed by atoms with van der Waals surface area (Å²) in [5, 5.41) is 5.30. The zero-order valence-electron chi connectivity index (χ0n) is 49.6. The summed E-state index contributed by atoms with van der Waals surface area (Å²) in [4.78, 5) is 0. The Morgan fingerprint density at radius 1 is 0.338 bits per heavy atom. The summed E-state index contributed by atoms with van der Waals surface area (Å²) in [5.41, 5.74) is 29.3. The number of fused-ring (bicyclic) bond motifs is 18. The zero-order valence-corrected chi connectivity index (χ0v) is 51.2. The number of benzene rings is 9. The van der Waals surface area contributed by atoms with Gasteiger partial charge in [-0.25, -0.2) is 0 Å². The van der Waals surface area contributed by atoms with Gasteiger partial charge in [-0.2, -0.15) is 0 Å². The van der Waals surface area contributed by atoms with E-state index in [0.29, 0.717) is 0 Å². The molecule has 0 spiro atoms. The lowest BCUT2D eigenvalue weighted by Gasteiger charge is -2.27. The quantitative estimate of drug-likeness (QED) is 0.153. The number of hydrogen-bond donors (Lipinski definition) is 0. The lowest BCUT2D eigenvalue weighted by Crippen LogP contribution is -2.19. The van der Waals surface area contributed by atoms with E-state index in [-0.39, 0.29) is 32.5 Å². The van der Waals surface area contributed by atoms with Crippen molar-refractivity contribution in [1.29, 1.82) is 0 Å². The summed E-state index contributed by atoms with van der Waals surface area (Å²) >= 11 is 3.93. The summed E-state index contributed by atoms with van der Waals surface area (Å²) in [5.74, 6) is 0. The first-order chi connectivity index (χ1) is 37.7. The molecule has 0 atom stereocenters. The minimum Gasteiger partial charge on any atom is -0.306 e. The molecule has 4 heterocycles. The van der Waals surface area contributed by atoms with Crippen molar-refractivity contribution < 1.29 is 0 Å². The molecule has 0 N–H and O–H groups in total. The Kier molecular flexibility index (Phi) is 9.96.